The van der Waals surface area contributed by atoms with Gasteiger partial charge in [0.1, 0.15) is 11.5 Å². The Morgan fingerprint density at radius 2 is 1.16 bits per heavy atom. The van der Waals surface area contributed by atoms with Gasteiger partial charge in [0, 0.05) is 11.8 Å². The lowest BCUT2D eigenvalue weighted by Crippen LogP contribution is -2.02. The largest absolute Gasteiger partial charge is 0.497 e. The van der Waals surface area contributed by atoms with Crippen LogP contribution in [0.4, 0.5) is 0 Å². The van der Waals surface area contributed by atoms with Crippen LogP contribution >= 0.6 is 11.6 Å². The molecule has 100 valence electrons. The summed E-state index contributed by atoms with van der Waals surface area (Å²) in [5.74, 6) is 2.43. The van der Waals surface area contributed by atoms with Gasteiger partial charge < -0.3 is 9.47 Å². The number of hydrogen-bond donors (Lipinski definition) is 0. The molecule has 0 saturated carbocycles. The quantitative estimate of drug-likeness (QED) is 0.766. The van der Waals surface area contributed by atoms with Crippen molar-refractivity contribution in [1.29, 1.82) is 0 Å². The second-order valence-electron chi connectivity index (χ2n) is 4.25. The van der Waals surface area contributed by atoms with Crippen molar-refractivity contribution in [2.24, 2.45) is 0 Å². The molecule has 0 heterocycles. The molecule has 3 heteroatoms. The van der Waals surface area contributed by atoms with Crippen molar-refractivity contribution in [2.75, 3.05) is 20.1 Å². The van der Waals surface area contributed by atoms with E-state index in [0.29, 0.717) is 5.88 Å². The van der Waals surface area contributed by atoms with Crippen LogP contribution in [0, 0.1) is 0 Å². The number of ether oxygens (including phenoxy) is 2. The second kappa shape index (κ2) is 6.48. The van der Waals surface area contributed by atoms with Crippen molar-refractivity contribution in [1.82, 2.24) is 0 Å². The van der Waals surface area contributed by atoms with Crippen LogP contribution < -0.4 is 9.47 Å². The summed E-state index contributed by atoms with van der Waals surface area (Å²) in [5.41, 5.74) is 2.36. The van der Waals surface area contributed by atoms with Gasteiger partial charge in [0.15, 0.2) is 0 Å². The Morgan fingerprint density at radius 3 is 1.42 bits per heavy atom. The summed E-state index contributed by atoms with van der Waals surface area (Å²) in [4.78, 5) is 0. The fourth-order valence-corrected chi connectivity index (χ4v) is 2.40. The molecule has 2 aromatic rings. The first-order valence-electron chi connectivity index (χ1n) is 6.12. The average Bonchev–Trinajstić information content (AvgIpc) is 2.49. The first-order chi connectivity index (χ1) is 9.28. The van der Waals surface area contributed by atoms with E-state index in [-0.39, 0.29) is 5.92 Å². The van der Waals surface area contributed by atoms with Crippen LogP contribution in [-0.4, -0.2) is 20.1 Å². The van der Waals surface area contributed by atoms with Crippen LogP contribution in [0.2, 0.25) is 0 Å². The molecule has 2 nitrogen and oxygen atoms in total. The Kier molecular flexibility index (Phi) is 4.69. The standard InChI is InChI=1S/C16H17ClO2/c1-18-14-7-3-12(4-8-14)16(11-17)13-5-9-15(19-2)10-6-13/h3-10,16H,11H2,1-2H3. The summed E-state index contributed by atoms with van der Waals surface area (Å²) >= 11 is 6.12. The van der Waals surface area contributed by atoms with Crippen molar-refractivity contribution < 1.29 is 9.47 Å². The van der Waals surface area contributed by atoms with Gasteiger partial charge in [-0.05, 0) is 35.4 Å². The van der Waals surface area contributed by atoms with Crippen LogP contribution in [0.1, 0.15) is 17.0 Å². The SMILES string of the molecule is COc1ccc(C(CCl)c2ccc(OC)cc2)cc1. The van der Waals surface area contributed by atoms with Gasteiger partial charge in [0.25, 0.3) is 0 Å². The van der Waals surface area contributed by atoms with Crippen molar-refractivity contribution in [2.45, 2.75) is 5.92 Å². The van der Waals surface area contributed by atoms with Gasteiger partial charge in [0.2, 0.25) is 0 Å². The van der Waals surface area contributed by atoms with Crippen LogP contribution in [0.3, 0.4) is 0 Å². The normalized spacial score (nSPS) is 10.5. The third-order valence-corrected chi connectivity index (χ3v) is 3.50. The summed E-state index contributed by atoms with van der Waals surface area (Å²) in [6.45, 7) is 0. The average molecular weight is 277 g/mol. The highest BCUT2D eigenvalue weighted by Gasteiger charge is 2.13. The maximum atomic E-state index is 6.12. The lowest BCUT2D eigenvalue weighted by molar-refractivity contribution is 0.414. The van der Waals surface area contributed by atoms with Crippen LogP contribution in [0.25, 0.3) is 0 Å². The van der Waals surface area contributed by atoms with Gasteiger partial charge >= 0.3 is 0 Å². The third-order valence-electron chi connectivity index (χ3n) is 3.19. The molecule has 2 aromatic carbocycles. The van der Waals surface area contributed by atoms with Crippen LogP contribution in [0.15, 0.2) is 48.5 Å². The molecule has 2 rings (SSSR count). The molecular weight excluding hydrogens is 260 g/mol. The topological polar surface area (TPSA) is 18.5 Å². The van der Waals surface area contributed by atoms with Crippen molar-refractivity contribution in [3.8, 4) is 11.5 Å². The Balaban J connectivity index is 2.26. The van der Waals surface area contributed by atoms with Crippen molar-refractivity contribution in [3.05, 3.63) is 59.7 Å². The molecule has 0 fully saturated rings. The zero-order chi connectivity index (χ0) is 13.7. The molecule has 0 aliphatic heterocycles. The molecule has 19 heavy (non-hydrogen) atoms. The third kappa shape index (κ3) is 3.21. The lowest BCUT2D eigenvalue weighted by atomic mass is 9.93. The number of methoxy groups -OCH3 is 2. The van der Waals surface area contributed by atoms with E-state index in [9.17, 15) is 0 Å². The van der Waals surface area contributed by atoms with E-state index in [0.717, 1.165) is 11.5 Å². The van der Waals surface area contributed by atoms with Gasteiger partial charge in [-0.15, -0.1) is 11.6 Å². The Morgan fingerprint density at radius 1 is 0.789 bits per heavy atom. The van der Waals surface area contributed by atoms with Gasteiger partial charge in [-0.25, -0.2) is 0 Å². The fraction of sp³-hybridized carbons (Fsp3) is 0.250. The Bertz CT molecular complexity index is 458. The fourth-order valence-electron chi connectivity index (χ4n) is 2.04. The summed E-state index contributed by atoms with van der Waals surface area (Å²) in [7, 11) is 3.33. The lowest BCUT2D eigenvalue weighted by Gasteiger charge is -2.15. The monoisotopic (exact) mass is 276 g/mol. The van der Waals surface area contributed by atoms with Crippen LogP contribution in [0.5, 0.6) is 11.5 Å². The zero-order valence-electron chi connectivity index (χ0n) is 11.1. The van der Waals surface area contributed by atoms with E-state index >= 15 is 0 Å². The minimum Gasteiger partial charge on any atom is -0.497 e. The van der Waals surface area contributed by atoms with Crippen molar-refractivity contribution >= 4 is 11.6 Å². The number of benzene rings is 2. The molecule has 0 aliphatic rings. The molecule has 0 bridgehead atoms. The second-order valence-corrected chi connectivity index (χ2v) is 4.56. The number of rotatable bonds is 5. The van der Waals surface area contributed by atoms with Gasteiger partial charge in [-0.1, -0.05) is 24.3 Å². The first-order valence-corrected chi connectivity index (χ1v) is 6.65. The molecule has 0 N–H and O–H groups in total. The zero-order valence-corrected chi connectivity index (χ0v) is 11.9. The summed E-state index contributed by atoms with van der Waals surface area (Å²) in [5, 5.41) is 0. The number of hydrogen-bond acceptors (Lipinski definition) is 2. The van der Waals surface area contributed by atoms with Gasteiger partial charge in [-0.3, -0.25) is 0 Å². The number of alkyl halides is 1. The van der Waals surface area contributed by atoms with E-state index in [1.165, 1.54) is 11.1 Å². The molecule has 0 aliphatic carbocycles. The van der Waals surface area contributed by atoms with E-state index in [1.54, 1.807) is 14.2 Å². The molecule has 0 atom stereocenters. The molecule has 0 spiro atoms. The highest BCUT2D eigenvalue weighted by atomic mass is 35.5. The van der Waals surface area contributed by atoms with Crippen molar-refractivity contribution in [3.63, 3.8) is 0 Å². The molecule has 0 aromatic heterocycles. The smallest absolute Gasteiger partial charge is 0.118 e. The summed E-state index contributed by atoms with van der Waals surface area (Å²) < 4.78 is 10.3. The first kappa shape index (κ1) is 13.8. The molecule has 0 unspecified atom stereocenters. The number of halogens is 1. The molecule has 0 radical (unpaired) electrons. The van der Waals surface area contributed by atoms with Gasteiger partial charge in [0.05, 0.1) is 14.2 Å². The molecular formula is C16H17ClO2. The summed E-state index contributed by atoms with van der Waals surface area (Å²) in [6.07, 6.45) is 0. The van der Waals surface area contributed by atoms with Gasteiger partial charge in [-0.2, -0.15) is 0 Å². The maximum absolute atomic E-state index is 6.12. The predicted molar refractivity (Wildman–Crippen MR) is 78.6 cm³/mol. The predicted octanol–water partition coefficient (Wildman–Crippen LogP) is 4.07. The van der Waals surface area contributed by atoms with E-state index < -0.39 is 0 Å². The Hall–Kier alpha value is -1.67. The Labute approximate surface area is 118 Å². The van der Waals surface area contributed by atoms with E-state index in [1.807, 2.05) is 24.3 Å². The minimum atomic E-state index is 0.179. The molecule has 0 amide bonds. The van der Waals surface area contributed by atoms with E-state index in [4.69, 9.17) is 21.1 Å². The van der Waals surface area contributed by atoms with E-state index in [2.05, 4.69) is 24.3 Å². The van der Waals surface area contributed by atoms with Crippen LogP contribution in [-0.2, 0) is 0 Å². The maximum Gasteiger partial charge on any atom is 0.118 e. The highest BCUT2D eigenvalue weighted by Crippen LogP contribution is 2.28. The minimum absolute atomic E-state index is 0.179. The molecule has 0 saturated heterocycles. The summed E-state index contributed by atoms with van der Waals surface area (Å²) in [6, 6.07) is 16.0. The highest BCUT2D eigenvalue weighted by molar-refractivity contribution is 6.18.